The van der Waals surface area contributed by atoms with Gasteiger partial charge in [0.25, 0.3) is 0 Å². The van der Waals surface area contributed by atoms with Crippen molar-refractivity contribution in [1.82, 2.24) is 11.1 Å². The Balaban J connectivity index is 3.17. The summed E-state index contributed by atoms with van der Waals surface area (Å²) in [6.07, 6.45) is 1.26. The molecule has 0 saturated carbocycles. The van der Waals surface area contributed by atoms with Crippen LogP contribution in [-0.2, 0) is 4.79 Å². The molecule has 39 valence electrons. The summed E-state index contributed by atoms with van der Waals surface area (Å²) in [6, 6.07) is 0. The van der Waals surface area contributed by atoms with Crippen LogP contribution in [-0.4, -0.2) is 12.5 Å². The van der Waals surface area contributed by atoms with E-state index in [9.17, 15) is 4.79 Å². The minimum absolute atomic E-state index is 0.230. The van der Waals surface area contributed by atoms with E-state index >= 15 is 0 Å². The molecule has 0 bridgehead atoms. The quantitative estimate of drug-likeness (QED) is 0.500. The average molecular weight is 99.1 g/mol. The van der Waals surface area contributed by atoms with E-state index in [-0.39, 0.29) is 12.5 Å². The zero-order chi connectivity index (χ0) is 5.70. The number of amides is 1. The minimum Gasteiger partial charge on any atom is -0.332 e. The predicted molar refractivity (Wildman–Crippen MR) is 26.3 cm³/mol. The first-order valence-corrected chi connectivity index (χ1v) is 1.86. The standard InChI is InChI=1S/C4H7N2O/c1-2-6-4(7)3-5/h2,5H,1,3H2,(H,6,7). The lowest BCUT2D eigenvalue weighted by Gasteiger charge is -1.88. The molecular formula is C4H7N2O. The van der Waals surface area contributed by atoms with Crippen LogP contribution in [0.2, 0.25) is 0 Å². The number of carbonyl (C=O) groups excluding carboxylic acids is 1. The molecule has 3 heteroatoms. The van der Waals surface area contributed by atoms with Gasteiger partial charge in [-0.05, 0) is 6.20 Å². The van der Waals surface area contributed by atoms with Crippen LogP contribution in [0.15, 0.2) is 12.8 Å². The van der Waals surface area contributed by atoms with E-state index in [0.29, 0.717) is 0 Å². The van der Waals surface area contributed by atoms with Gasteiger partial charge in [-0.25, -0.2) is 5.73 Å². The zero-order valence-electron chi connectivity index (χ0n) is 3.90. The van der Waals surface area contributed by atoms with Gasteiger partial charge in [-0.1, -0.05) is 6.58 Å². The summed E-state index contributed by atoms with van der Waals surface area (Å²) in [4.78, 5) is 10.0. The number of carbonyl (C=O) groups is 1. The van der Waals surface area contributed by atoms with Gasteiger partial charge in [0, 0.05) is 0 Å². The fourth-order valence-electron chi connectivity index (χ4n) is 0.165. The summed E-state index contributed by atoms with van der Waals surface area (Å²) in [5, 5.41) is 2.23. The van der Waals surface area contributed by atoms with Gasteiger partial charge in [0.15, 0.2) is 0 Å². The maximum Gasteiger partial charge on any atom is 0.239 e. The van der Waals surface area contributed by atoms with Crippen molar-refractivity contribution in [2.45, 2.75) is 0 Å². The Morgan fingerprint density at radius 1 is 2.00 bits per heavy atom. The summed E-state index contributed by atoms with van der Waals surface area (Å²) in [5.74, 6) is -0.324. The Morgan fingerprint density at radius 3 is 2.71 bits per heavy atom. The van der Waals surface area contributed by atoms with E-state index in [1.165, 1.54) is 6.20 Å². The van der Waals surface area contributed by atoms with Crippen LogP contribution in [0.25, 0.3) is 0 Å². The first-order valence-electron chi connectivity index (χ1n) is 1.86. The molecule has 0 saturated heterocycles. The van der Waals surface area contributed by atoms with E-state index in [0.717, 1.165) is 0 Å². The lowest BCUT2D eigenvalue weighted by Crippen LogP contribution is -2.20. The maximum atomic E-state index is 10.0. The van der Waals surface area contributed by atoms with Crippen molar-refractivity contribution in [1.29, 1.82) is 0 Å². The fourth-order valence-corrected chi connectivity index (χ4v) is 0.165. The SMILES string of the molecule is C=CNC(=O)C[NH]. The molecule has 0 spiro atoms. The lowest BCUT2D eigenvalue weighted by atomic mass is 10.6. The van der Waals surface area contributed by atoms with Crippen molar-refractivity contribution in [2.75, 3.05) is 6.54 Å². The highest BCUT2D eigenvalue weighted by atomic mass is 16.1. The van der Waals surface area contributed by atoms with Gasteiger partial charge in [0.2, 0.25) is 5.91 Å². The van der Waals surface area contributed by atoms with Crippen molar-refractivity contribution in [3.05, 3.63) is 12.8 Å². The minimum atomic E-state index is -0.324. The molecule has 0 aromatic heterocycles. The lowest BCUT2D eigenvalue weighted by molar-refractivity contribution is -0.118. The van der Waals surface area contributed by atoms with Crippen LogP contribution in [0.4, 0.5) is 0 Å². The molecular weight excluding hydrogens is 92.1 g/mol. The highest BCUT2D eigenvalue weighted by Crippen LogP contribution is 1.56. The van der Waals surface area contributed by atoms with Crippen molar-refractivity contribution in [3.8, 4) is 0 Å². The first kappa shape index (κ1) is 6.17. The molecule has 0 aliphatic rings. The van der Waals surface area contributed by atoms with Gasteiger partial charge in [-0.3, -0.25) is 4.79 Å². The molecule has 1 radical (unpaired) electrons. The Kier molecular flexibility index (Phi) is 2.96. The summed E-state index contributed by atoms with van der Waals surface area (Å²) in [5.41, 5.74) is 6.45. The summed E-state index contributed by atoms with van der Waals surface area (Å²) >= 11 is 0. The number of nitrogens with one attached hydrogen (secondary N) is 2. The van der Waals surface area contributed by atoms with Crippen molar-refractivity contribution < 1.29 is 4.79 Å². The van der Waals surface area contributed by atoms with Gasteiger partial charge >= 0.3 is 0 Å². The van der Waals surface area contributed by atoms with E-state index in [4.69, 9.17) is 5.73 Å². The number of rotatable bonds is 2. The molecule has 3 nitrogen and oxygen atoms in total. The highest BCUT2D eigenvalue weighted by Gasteiger charge is 1.87. The largest absolute Gasteiger partial charge is 0.332 e. The number of hydrogen-bond donors (Lipinski definition) is 1. The van der Waals surface area contributed by atoms with Crippen molar-refractivity contribution >= 4 is 5.91 Å². The first-order chi connectivity index (χ1) is 3.31. The van der Waals surface area contributed by atoms with Crippen LogP contribution < -0.4 is 11.1 Å². The molecule has 7 heavy (non-hydrogen) atoms. The third-order valence-corrected chi connectivity index (χ3v) is 0.424. The van der Waals surface area contributed by atoms with Gasteiger partial charge < -0.3 is 5.32 Å². The van der Waals surface area contributed by atoms with E-state index in [1.807, 2.05) is 0 Å². The summed E-state index contributed by atoms with van der Waals surface area (Å²) < 4.78 is 0. The summed E-state index contributed by atoms with van der Waals surface area (Å²) in [7, 11) is 0. The highest BCUT2D eigenvalue weighted by molar-refractivity contribution is 5.78. The molecule has 0 unspecified atom stereocenters. The molecule has 0 rings (SSSR count). The average Bonchev–Trinajstić information content (AvgIpc) is 1.68. The van der Waals surface area contributed by atoms with Crippen molar-refractivity contribution in [2.24, 2.45) is 0 Å². The fraction of sp³-hybridized carbons (Fsp3) is 0.250. The van der Waals surface area contributed by atoms with Crippen LogP contribution in [0.5, 0.6) is 0 Å². The molecule has 0 aliphatic heterocycles. The third-order valence-electron chi connectivity index (χ3n) is 0.424. The number of hydrogen-bond acceptors (Lipinski definition) is 1. The molecule has 2 N–H and O–H groups in total. The van der Waals surface area contributed by atoms with Crippen LogP contribution in [0, 0.1) is 0 Å². The predicted octanol–water partition coefficient (Wildman–Crippen LogP) is -0.471. The van der Waals surface area contributed by atoms with Crippen LogP contribution in [0.3, 0.4) is 0 Å². The van der Waals surface area contributed by atoms with Crippen LogP contribution in [0.1, 0.15) is 0 Å². The topological polar surface area (TPSA) is 52.9 Å². The normalized spacial score (nSPS) is 7.57. The Morgan fingerprint density at radius 2 is 2.57 bits per heavy atom. The Hall–Kier alpha value is -0.830. The molecule has 1 amide bonds. The maximum absolute atomic E-state index is 10.0. The third kappa shape index (κ3) is 2.99. The zero-order valence-corrected chi connectivity index (χ0v) is 3.90. The second kappa shape index (κ2) is 3.36. The smallest absolute Gasteiger partial charge is 0.239 e. The molecule has 0 fully saturated rings. The molecule has 0 aromatic rings. The van der Waals surface area contributed by atoms with Gasteiger partial charge in [-0.2, -0.15) is 0 Å². The monoisotopic (exact) mass is 99.1 g/mol. The second-order valence-electron chi connectivity index (χ2n) is 0.948. The van der Waals surface area contributed by atoms with E-state index in [1.54, 1.807) is 0 Å². The molecule has 0 aromatic carbocycles. The second-order valence-corrected chi connectivity index (χ2v) is 0.948. The Labute approximate surface area is 42.2 Å². The van der Waals surface area contributed by atoms with E-state index in [2.05, 4.69) is 11.9 Å². The Bertz CT molecular complexity index is 79.8. The van der Waals surface area contributed by atoms with Gasteiger partial charge in [0.1, 0.15) is 0 Å². The van der Waals surface area contributed by atoms with E-state index < -0.39 is 0 Å². The van der Waals surface area contributed by atoms with Crippen molar-refractivity contribution in [3.63, 3.8) is 0 Å². The molecule has 0 atom stereocenters. The van der Waals surface area contributed by atoms with Crippen LogP contribution >= 0.6 is 0 Å². The van der Waals surface area contributed by atoms with Gasteiger partial charge in [0.05, 0.1) is 6.54 Å². The molecule has 0 heterocycles. The van der Waals surface area contributed by atoms with Gasteiger partial charge in [-0.15, -0.1) is 0 Å². The summed E-state index contributed by atoms with van der Waals surface area (Å²) in [6.45, 7) is 3.00. The molecule has 0 aliphatic carbocycles.